The number of hydrogen-bond donors (Lipinski definition) is 1. The topological polar surface area (TPSA) is 81.4 Å². The van der Waals surface area contributed by atoms with Gasteiger partial charge >= 0.3 is 0 Å². The molecule has 2 fully saturated rings. The molecule has 2 aliphatic rings. The Morgan fingerprint density at radius 1 is 1.22 bits per heavy atom. The minimum atomic E-state index is -0.0585. The van der Waals surface area contributed by atoms with Gasteiger partial charge in [0.2, 0.25) is 5.91 Å². The molecule has 1 aromatic rings. The lowest BCUT2D eigenvalue weighted by Gasteiger charge is -2.36. The van der Waals surface area contributed by atoms with Crippen LogP contribution in [-0.4, -0.2) is 84.8 Å². The molecule has 0 spiro atoms. The summed E-state index contributed by atoms with van der Waals surface area (Å²) in [5.74, 6) is 1.48. The van der Waals surface area contributed by atoms with Crippen LogP contribution in [-0.2, 0) is 4.79 Å². The summed E-state index contributed by atoms with van der Waals surface area (Å²) in [6, 6.07) is 3.43. The summed E-state index contributed by atoms with van der Waals surface area (Å²) >= 11 is 0. The maximum absolute atomic E-state index is 12.4. The highest BCUT2D eigenvalue weighted by molar-refractivity contribution is 5.91. The third-order valence-electron chi connectivity index (χ3n) is 4.95. The van der Waals surface area contributed by atoms with Crippen LogP contribution in [0.5, 0.6) is 0 Å². The maximum Gasteiger partial charge on any atom is 0.289 e. The first-order valence-electron chi connectivity index (χ1n) is 9.83. The van der Waals surface area contributed by atoms with Gasteiger partial charge in [-0.2, -0.15) is 0 Å². The lowest BCUT2D eigenvalue weighted by Crippen LogP contribution is -2.53. The molecule has 1 N–H and O–H groups in total. The average Bonchev–Trinajstić information content (AvgIpc) is 3.36. The molecule has 3 rings (SSSR count). The van der Waals surface area contributed by atoms with E-state index in [-0.39, 0.29) is 11.8 Å². The van der Waals surface area contributed by atoms with Crippen LogP contribution in [0.15, 0.2) is 27.8 Å². The summed E-state index contributed by atoms with van der Waals surface area (Å²) in [6.45, 7) is 7.98. The number of guanidine groups is 1. The van der Waals surface area contributed by atoms with E-state index in [1.807, 2.05) is 9.80 Å². The van der Waals surface area contributed by atoms with E-state index < -0.39 is 0 Å². The first-order valence-corrected chi connectivity index (χ1v) is 9.83. The van der Waals surface area contributed by atoms with Gasteiger partial charge in [0.05, 0.1) is 6.26 Å². The standard InChI is InChI=1S/C19H29N5O3/c1-2-20-19(21-8-5-10-22-9-3-7-17(22)25)24-13-11-23(12-14-24)18(26)16-6-4-15-27-16/h4,6,15H,2-3,5,7-14H2,1H3,(H,20,21). The van der Waals surface area contributed by atoms with Gasteiger partial charge in [0.15, 0.2) is 11.7 Å². The van der Waals surface area contributed by atoms with Gasteiger partial charge in [-0.25, -0.2) is 0 Å². The molecule has 2 aliphatic heterocycles. The Hall–Kier alpha value is -2.51. The van der Waals surface area contributed by atoms with Gasteiger partial charge in [0.25, 0.3) is 5.91 Å². The summed E-state index contributed by atoms with van der Waals surface area (Å²) in [5.41, 5.74) is 0. The van der Waals surface area contributed by atoms with E-state index in [4.69, 9.17) is 9.41 Å². The van der Waals surface area contributed by atoms with Gasteiger partial charge in [0.1, 0.15) is 0 Å². The Morgan fingerprint density at radius 3 is 2.63 bits per heavy atom. The Balaban J connectivity index is 1.47. The van der Waals surface area contributed by atoms with Crippen molar-refractivity contribution < 1.29 is 14.0 Å². The maximum atomic E-state index is 12.4. The van der Waals surface area contributed by atoms with E-state index >= 15 is 0 Å². The molecule has 0 atom stereocenters. The molecule has 2 saturated heterocycles. The predicted octanol–water partition coefficient (Wildman–Crippen LogP) is 1.02. The highest BCUT2D eigenvalue weighted by Gasteiger charge is 2.25. The van der Waals surface area contributed by atoms with Crippen molar-refractivity contribution in [2.75, 3.05) is 52.4 Å². The van der Waals surface area contributed by atoms with Crippen LogP contribution in [0, 0.1) is 0 Å². The number of piperazine rings is 1. The van der Waals surface area contributed by atoms with Gasteiger partial charge in [0, 0.05) is 58.8 Å². The van der Waals surface area contributed by atoms with E-state index in [9.17, 15) is 9.59 Å². The lowest BCUT2D eigenvalue weighted by atomic mass is 10.3. The Bertz CT molecular complexity index is 650. The number of nitrogens with one attached hydrogen (secondary N) is 1. The zero-order valence-electron chi connectivity index (χ0n) is 16.0. The third-order valence-corrected chi connectivity index (χ3v) is 4.95. The van der Waals surface area contributed by atoms with E-state index in [1.54, 1.807) is 12.1 Å². The zero-order chi connectivity index (χ0) is 19.1. The molecule has 148 valence electrons. The number of carbonyl (C=O) groups is 2. The molecule has 0 saturated carbocycles. The van der Waals surface area contributed by atoms with Gasteiger partial charge in [-0.15, -0.1) is 0 Å². The molecule has 0 radical (unpaired) electrons. The smallest absolute Gasteiger partial charge is 0.289 e. The number of rotatable bonds is 6. The first-order chi connectivity index (χ1) is 13.2. The van der Waals surface area contributed by atoms with Crippen molar-refractivity contribution in [2.24, 2.45) is 4.99 Å². The van der Waals surface area contributed by atoms with Gasteiger partial charge in [-0.1, -0.05) is 0 Å². The molecule has 27 heavy (non-hydrogen) atoms. The number of amides is 2. The molecular formula is C19H29N5O3. The fourth-order valence-electron chi connectivity index (χ4n) is 3.49. The van der Waals surface area contributed by atoms with Crippen molar-refractivity contribution >= 4 is 17.8 Å². The van der Waals surface area contributed by atoms with Gasteiger partial charge < -0.3 is 24.4 Å². The number of likely N-dealkylation sites (tertiary alicyclic amines) is 1. The third kappa shape index (κ3) is 5.02. The largest absolute Gasteiger partial charge is 0.459 e. The van der Waals surface area contributed by atoms with Crippen molar-refractivity contribution in [3.8, 4) is 0 Å². The Kier molecular flexibility index (Phi) is 6.73. The van der Waals surface area contributed by atoms with E-state index in [2.05, 4.69) is 17.1 Å². The monoisotopic (exact) mass is 375 g/mol. The molecule has 0 aliphatic carbocycles. The summed E-state index contributed by atoms with van der Waals surface area (Å²) in [7, 11) is 0. The lowest BCUT2D eigenvalue weighted by molar-refractivity contribution is -0.127. The quantitative estimate of drug-likeness (QED) is 0.456. The molecule has 8 nitrogen and oxygen atoms in total. The summed E-state index contributed by atoms with van der Waals surface area (Å²) in [6.07, 6.45) is 4.06. The van der Waals surface area contributed by atoms with Gasteiger partial charge in [-0.3, -0.25) is 14.6 Å². The fourth-order valence-corrected chi connectivity index (χ4v) is 3.49. The van der Waals surface area contributed by atoms with Gasteiger partial charge in [-0.05, 0) is 31.9 Å². The zero-order valence-corrected chi connectivity index (χ0v) is 16.0. The minimum absolute atomic E-state index is 0.0585. The number of carbonyl (C=O) groups excluding carboxylic acids is 2. The highest BCUT2D eigenvalue weighted by Crippen LogP contribution is 2.11. The second kappa shape index (κ2) is 9.43. The molecule has 8 heteroatoms. The number of nitrogens with zero attached hydrogens (tertiary/aromatic N) is 4. The molecule has 2 amide bonds. The van der Waals surface area contributed by atoms with Crippen LogP contribution in [0.4, 0.5) is 0 Å². The van der Waals surface area contributed by atoms with E-state index in [0.717, 1.165) is 51.5 Å². The van der Waals surface area contributed by atoms with Crippen molar-refractivity contribution in [2.45, 2.75) is 26.2 Å². The van der Waals surface area contributed by atoms with Crippen LogP contribution in [0.1, 0.15) is 36.7 Å². The van der Waals surface area contributed by atoms with Crippen molar-refractivity contribution in [3.63, 3.8) is 0 Å². The highest BCUT2D eigenvalue weighted by atomic mass is 16.3. The molecule has 0 bridgehead atoms. The molecular weight excluding hydrogens is 346 g/mol. The van der Waals surface area contributed by atoms with Crippen LogP contribution in [0.3, 0.4) is 0 Å². The van der Waals surface area contributed by atoms with Crippen LogP contribution in [0.2, 0.25) is 0 Å². The molecule has 0 aromatic carbocycles. The van der Waals surface area contributed by atoms with E-state index in [0.29, 0.717) is 31.8 Å². The van der Waals surface area contributed by atoms with Crippen molar-refractivity contribution in [1.29, 1.82) is 0 Å². The number of aliphatic imine (C=N–C) groups is 1. The van der Waals surface area contributed by atoms with Crippen molar-refractivity contribution in [3.05, 3.63) is 24.2 Å². The summed E-state index contributed by atoms with van der Waals surface area (Å²) in [5, 5.41) is 3.33. The Morgan fingerprint density at radius 2 is 2.00 bits per heavy atom. The molecule has 3 heterocycles. The van der Waals surface area contributed by atoms with Crippen molar-refractivity contribution in [1.82, 2.24) is 20.0 Å². The second-order valence-electron chi connectivity index (χ2n) is 6.83. The molecule has 0 unspecified atom stereocenters. The first kappa shape index (κ1) is 19.3. The number of furan rings is 1. The summed E-state index contributed by atoms with van der Waals surface area (Å²) < 4.78 is 5.21. The normalized spacial score (nSPS) is 18.3. The van der Waals surface area contributed by atoms with Crippen LogP contribution in [0.25, 0.3) is 0 Å². The Labute approximate surface area is 160 Å². The molecule has 1 aromatic heterocycles. The predicted molar refractivity (Wildman–Crippen MR) is 103 cm³/mol. The van der Waals surface area contributed by atoms with E-state index in [1.165, 1.54) is 6.26 Å². The number of hydrogen-bond acceptors (Lipinski definition) is 4. The summed E-state index contributed by atoms with van der Waals surface area (Å²) in [4.78, 5) is 34.7. The fraction of sp³-hybridized carbons (Fsp3) is 0.632. The second-order valence-corrected chi connectivity index (χ2v) is 6.83. The van der Waals surface area contributed by atoms with Crippen LogP contribution < -0.4 is 5.32 Å². The van der Waals surface area contributed by atoms with Crippen LogP contribution >= 0.6 is 0 Å². The average molecular weight is 375 g/mol. The SMILES string of the molecule is CCNC(=NCCCN1CCCC1=O)N1CCN(C(=O)c2ccco2)CC1. The minimum Gasteiger partial charge on any atom is -0.459 e.